The summed E-state index contributed by atoms with van der Waals surface area (Å²) in [5.41, 5.74) is 0. The second kappa shape index (κ2) is 7.36. The summed E-state index contributed by atoms with van der Waals surface area (Å²) in [5, 5.41) is 11.8. The predicted octanol–water partition coefficient (Wildman–Crippen LogP) is 1.09. The van der Waals surface area contributed by atoms with Crippen LogP contribution in [0.2, 0.25) is 0 Å². The highest BCUT2D eigenvalue weighted by atomic mass is 16.4. The lowest BCUT2D eigenvalue weighted by Gasteiger charge is -2.30. The number of carboxylic acid groups (broad SMARTS) is 1. The second-order valence-electron chi connectivity index (χ2n) is 5.13. The molecule has 0 spiro atoms. The Morgan fingerprint density at radius 3 is 2.50 bits per heavy atom. The smallest absolute Gasteiger partial charge is 0.317 e. The van der Waals surface area contributed by atoms with Gasteiger partial charge in [-0.1, -0.05) is 26.7 Å². The van der Waals surface area contributed by atoms with E-state index in [1.165, 1.54) is 12.8 Å². The summed E-state index contributed by atoms with van der Waals surface area (Å²) in [6.07, 6.45) is 4.62. The van der Waals surface area contributed by atoms with Gasteiger partial charge in [0.2, 0.25) is 5.91 Å². The molecule has 0 heterocycles. The van der Waals surface area contributed by atoms with E-state index in [0.717, 1.165) is 12.8 Å². The van der Waals surface area contributed by atoms with E-state index in [4.69, 9.17) is 5.11 Å². The third-order valence-corrected chi connectivity index (χ3v) is 3.63. The van der Waals surface area contributed by atoms with Gasteiger partial charge in [-0.3, -0.25) is 14.5 Å². The molecule has 1 aliphatic rings. The average molecular weight is 256 g/mol. The number of hydrogen-bond acceptors (Lipinski definition) is 3. The topological polar surface area (TPSA) is 69.6 Å². The first-order valence-electron chi connectivity index (χ1n) is 6.76. The van der Waals surface area contributed by atoms with Gasteiger partial charge in [0, 0.05) is 6.04 Å². The molecule has 104 valence electrons. The maximum Gasteiger partial charge on any atom is 0.317 e. The van der Waals surface area contributed by atoms with Crippen molar-refractivity contribution in [3.8, 4) is 0 Å². The Kier molecular flexibility index (Phi) is 6.12. The number of nitrogens with zero attached hydrogens (tertiary/aromatic N) is 1. The quantitative estimate of drug-likeness (QED) is 0.746. The van der Waals surface area contributed by atoms with Crippen LogP contribution >= 0.6 is 0 Å². The summed E-state index contributed by atoms with van der Waals surface area (Å²) in [4.78, 5) is 24.1. The van der Waals surface area contributed by atoms with Crippen molar-refractivity contribution < 1.29 is 14.7 Å². The fourth-order valence-electron chi connectivity index (χ4n) is 2.46. The van der Waals surface area contributed by atoms with Crippen LogP contribution in [0.25, 0.3) is 0 Å². The Labute approximate surface area is 109 Å². The van der Waals surface area contributed by atoms with Gasteiger partial charge in [0.05, 0.1) is 13.1 Å². The molecule has 0 radical (unpaired) electrons. The van der Waals surface area contributed by atoms with E-state index in [-0.39, 0.29) is 25.0 Å². The maximum atomic E-state index is 11.9. The molecule has 0 aromatic rings. The van der Waals surface area contributed by atoms with Gasteiger partial charge < -0.3 is 10.4 Å². The van der Waals surface area contributed by atoms with Crippen LogP contribution in [0.4, 0.5) is 0 Å². The Morgan fingerprint density at radius 2 is 1.94 bits per heavy atom. The lowest BCUT2D eigenvalue weighted by molar-refractivity contribution is -0.138. The molecule has 2 atom stereocenters. The Bertz CT molecular complexity index is 294. The molecule has 1 rings (SSSR count). The molecule has 0 aromatic heterocycles. The number of rotatable bonds is 6. The van der Waals surface area contributed by atoms with E-state index in [2.05, 4.69) is 12.2 Å². The third kappa shape index (κ3) is 5.04. The summed E-state index contributed by atoms with van der Waals surface area (Å²) in [5.74, 6) is -0.426. The summed E-state index contributed by atoms with van der Waals surface area (Å²) in [7, 11) is 0. The van der Waals surface area contributed by atoms with Crippen LogP contribution in [0, 0.1) is 5.92 Å². The number of carboxylic acids is 1. The van der Waals surface area contributed by atoms with Crippen molar-refractivity contribution in [1.82, 2.24) is 10.2 Å². The van der Waals surface area contributed by atoms with Gasteiger partial charge in [-0.2, -0.15) is 0 Å². The highest BCUT2D eigenvalue weighted by molar-refractivity contribution is 5.79. The maximum absolute atomic E-state index is 11.9. The van der Waals surface area contributed by atoms with Gasteiger partial charge in [0.15, 0.2) is 0 Å². The van der Waals surface area contributed by atoms with Crippen molar-refractivity contribution >= 4 is 11.9 Å². The van der Waals surface area contributed by atoms with Crippen molar-refractivity contribution in [2.75, 3.05) is 19.6 Å². The normalized spacial score (nSPS) is 23.9. The molecule has 2 unspecified atom stereocenters. The lowest BCUT2D eigenvalue weighted by Crippen LogP contribution is -2.46. The number of amides is 1. The summed E-state index contributed by atoms with van der Waals surface area (Å²) < 4.78 is 0. The summed E-state index contributed by atoms with van der Waals surface area (Å²) in [6.45, 7) is 4.69. The zero-order valence-electron chi connectivity index (χ0n) is 11.3. The zero-order chi connectivity index (χ0) is 13.5. The number of nitrogens with one attached hydrogen (secondary N) is 1. The van der Waals surface area contributed by atoms with E-state index in [9.17, 15) is 9.59 Å². The van der Waals surface area contributed by atoms with Crippen LogP contribution in [-0.2, 0) is 9.59 Å². The van der Waals surface area contributed by atoms with Gasteiger partial charge in [0.25, 0.3) is 0 Å². The highest BCUT2D eigenvalue weighted by Gasteiger charge is 2.23. The van der Waals surface area contributed by atoms with Crippen LogP contribution in [0.3, 0.4) is 0 Å². The minimum Gasteiger partial charge on any atom is -0.480 e. The number of hydrogen-bond donors (Lipinski definition) is 2. The minimum atomic E-state index is -0.893. The lowest BCUT2D eigenvalue weighted by atomic mass is 9.86. The van der Waals surface area contributed by atoms with Gasteiger partial charge in [-0.15, -0.1) is 0 Å². The number of carbonyl (C=O) groups excluding carboxylic acids is 1. The van der Waals surface area contributed by atoms with Crippen LogP contribution in [-0.4, -0.2) is 47.6 Å². The molecule has 0 aliphatic heterocycles. The van der Waals surface area contributed by atoms with Gasteiger partial charge in [-0.25, -0.2) is 0 Å². The van der Waals surface area contributed by atoms with E-state index < -0.39 is 5.97 Å². The Hall–Kier alpha value is -1.10. The Balaban J connectivity index is 2.37. The third-order valence-electron chi connectivity index (χ3n) is 3.63. The van der Waals surface area contributed by atoms with Crippen molar-refractivity contribution in [3.63, 3.8) is 0 Å². The van der Waals surface area contributed by atoms with Crippen molar-refractivity contribution in [2.24, 2.45) is 5.92 Å². The predicted molar refractivity (Wildman–Crippen MR) is 69.3 cm³/mol. The number of carbonyl (C=O) groups is 2. The monoisotopic (exact) mass is 256 g/mol. The minimum absolute atomic E-state index is 0.0585. The first-order valence-corrected chi connectivity index (χ1v) is 6.76. The van der Waals surface area contributed by atoms with Gasteiger partial charge >= 0.3 is 5.97 Å². The van der Waals surface area contributed by atoms with E-state index in [1.54, 1.807) is 4.90 Å². The van der Waals surface area contributed by atoms with E-state index in [1.807, 2.05) is 6.92 Å². The molecule has 5 heteroatoms. The van der Waals surface area contributed by atoms with Crippen LogP contribution in [0.5, 0.6) is 0 Å². The standard InChI is InChI=1S/C13H24N2O3/c1-3-15(9-13(17)18)8-12(16)14-11-7-5-4-6-10(11)2/h10-11H,3-9H2,1-2H3,(H,14,16)(H,17,18). The molecule has 18 heavy (non-hydrogen) atoms. The molecule has 2 N–H and O–H groups in total. The molecule has 1 amide bonds. The molecule has 5 nitrogen and oxygen atoms in total. The van der Waals surface area contributed by atoms with E-state index in [0.29, 0.717) is 12.5 Å². The first-order chi connectivity index (χ1) is 8.52. The molecule has 1 fully saturated rings. The molecule has 0 saturated heterocycles. The van der Waals surface area contributed by atoms with Crippen LogP contribution in [0.15, 0.2) is 0 Å². The van der Waals surface area contributed by atoms with Crippen molar-refractivity contribution in [2.45, 2.75) is 45.6 Å². The number of likely N-dealkylation sites (N-methyl/N-ethyl adjacent to an activating group) is 1. The SMILES string of the molecule is CCN(CC(=O)O)CC(=O)NC1CCCCC1C. The molecular weight excluding hydrogens is 232 g/mol. The molecular formula is C13H24N2O3. The largest absolute Gasteiger partial charge is 0.480 e. The highest BCUT2D eigenvalue weighted by Crippen LogP contribution is 2.23. The average Bonchev–Trinajstić information content (AvgIpc) is 2.30. The Morgan fingerprint density at radius 1 is 1.28 bits per heavy atom. The van der Waals surface area contributed by atoms with Crippen LogP contribution < -0.4 is 5.32 Å². The van der Waals surface area contributed by atoms with Gasteiger partial charge in [-0.05, 0) is 25.3 Å². The van der Waals surface area contributed by atoms with Gasteiger partial charge in [0.1, 0.15) is 0 Å². The summed E-state index contributed by atoms with van der Waals surface area (Å²) in [6, 6.07) is 0.259. The number of aliphatic carboxylic acids is 1. The molecule has 1 saturated carbocycles. The van der Waals surface area contributed by atoms with Crippen molar-refractivity contribution in [3.05, 3.63) is 0 Å². The second-order valence-corrected chi connectivity index (χ2v) is 5.13. The fourth-order valence-corrected chi connectivity index (χ4v) is 2.46. The van der Waals surface area contributed by atoms with E-state index >= 15 is 0 Å². The molecule has 0 bridgehead atoms. The molecule has 0 aromatic carbocycles. The first kappa shape index (κ1) is 15.0. The zero-order valence-corrected chi connectivity index (χ0v) is 11.3. The van der Waals surface area contributed by atoms with Crippen LogP contribution in [0.1, 0.15) is 39.5 Å². The molecule has 1 aliphatic carbocycles. The fraction of sp³-hybridized carbons (Fsp3) is 0.846. The summed E-state index contributed by atoms with van der Waals surface area (Å²) >= 11 is 0. The van der Waals surface area contributed by atoms with Crippen molar-refractivity contribution in [1.29, 1.82) is 0 Å².